The second kappa shape index (κ2) is 4.52. The Morgan fingerprint density at radius 1 is 1.27 bits per heavy atom. The molecule has 0 spiro atoms. The van der Waals surface area contributed by atoms with E-state index in [0.717, 1.165) is 19.4 Å². The number of hydrogen-bond acceptors (Lipinski definition) is 2. The number of nitrogens with zero attached hydrogens (tertiary/aromatic N) is 1. The van der Waals surface area contributed by atoms with Gasteiger partial charge in [0.05, 0.1) is 5.92 Å². The summed E-state index contributed by atoms with van der Waals surface area (Å²) in [6, 6.07) is 0.998. The fourth-order valence-corrected chi connectivity index (χ4v) is 3.17. The van der Waals surface area contributed by atoms with E-state index < -0.39 is 5.97 Å². The summed E-state index contributed by atoms with van der Waals surface area (Å²) in [5.74, 6) is -0.687. The summed E-state index contributed by atoms with van der Waals surface area (Å²) in [6.45, 7) is 3.18. The van der Waals surface area contributed by atoms with E-state index in [-0.39, 0.29) is 5.92 Å². The summed E-state index contributed by atoms with van der Waals surface area (Å²) in [6.07, 6.45) is 7.16. The molecule has 15 heavy (non-hydrogen) atoms. The van der Waals surface area contributed by atoms with E-state index in [2.05, 4.69) is 11.8 Å². The zero-order valence-electron chi connectivity index (χ0n) is 9.48. The van der Waals surface area contributed by atoms with E-state index in [9.17, 15) is 4.79 Å². The Hall–Kier alpha value is -0.570. The van der Waals surface area contributed by atoms with Crippen molar-refractivity contribution in [2.45, 2.75) is 57.5 Å². The van der Waals surface area contributed by atoms with E-state index in [1.807, 2.05) is 0 Å². The van der Waals surface area contributed by atoms with Crippen LogP contribution in [-0.4, -0.2) is 34.6 Å². The van der Waals surface area contributed by atoms with Gasteiger partial charge in [0.25, 0.3) is 0 Å². The van der Waals surface area contributed by atoms with Crippen LogP contribution in [0.3, 0.4) is 0 Å². The van der Waals surface area contributed by atoms with Gasteiger partial charge in [0.15, 0.2) is 0 Å². The molecule has 2 aliphatic rings. The van der Waals surface area contributed by atoms with E-state index in [1.54, 1.807) is 0 Å². The Morgan fingerprint density at radius 2 is 1.93 bits per heavy atom. The minimum Gasteiger partial charge on any atom is -0.481 e. The third kappa shape index (κ3) is 2.03. The van der Waals surface area contributed by atoms with Crippen LogP contribution in [0.15, 0.2) is 0 Å². The molecule has 86 valence electrons. The molecular weight excluding hydrogens is 190 g/mol. The molecule has 2 aliphatic carbocycles. The molecular formula is C12H21NO2. The Bertz CT molecular complexity index is 236. The predicted molar refractivity (Wildman–Crippen MR) is 58.8 cm³/mol. The average Bonchev–Trinajstić information content (AvgIpc) is 2.63. The Morgan fingerprint density at radius 3 is 2.33 bits per heavy atom. The fourth-order valence-electron chi connectivity index (χ4n) is 3.17. The smallest absolute Gasteiger partial charge is 0.308 e. The first-order valence-corrected chi connectivity index (χ1v) is 6.22. The van der Waals surface area contributed by atoms with E-state index in [1.165, 1.54) is 25.7 Å². The number of carbonyl (C=O) groups is 1. The van der Waals surface area contributed by atoms with Gasteiger partial charge in [-0.25, -0.2) is 0 Å². The molecule has 2 atom stereocenters. The van der Waals surface area contributed by atoms with Crippen molar-refractivity contribution in [1.29, 1.82) is 0 Å². The molecule has 2 unspecified atom stereocenters. The molecule has 2 fully saturated rings. The molecule has 3 nitrogen and oxygen atoms in total. The summed E-state index contributed by atoms with van der Waals surface area (Å²) in [4.78, 5) is 13.5. The summed E-state index contributed by atoms with van der Waals surface area (Å²) >= 11 is 0. The molecule has 0 amide bonds. The number of hydrogen-bond donors (Lipinski definition) is 1. The average molecular weight is 211 g/mol. The van der Waals surface area contributed by atoms with Gasteiger partial charge in [0.2, 0.25) is 0 Å². The van der Waals surface area contributed by atoms with Gasteiger partial charge < -0.3 is 5.11 Å². The van der Waals surface area contributed by atoms with E-state index in [4.69, 9.17) is 5.11 Å². The van der Waals surface area contributed by atoms with Crippen LogP contribution in [0.1, 0.15) is 45.4 Å². The Balaban J connectivity index is 1.97. The van der Waals surface area contributed by atoms with Gasteiger partial charge >= 0.3 is 5.97 Å². The molecule has 0 bridgehead atoms. The van der Waals surface area contributed by atoms with Gasteiger partial charge in [-0.1, -0.05) is 19.8 Å². The van der Waals surface area contributed by atoms with Crippen LogP contribution in [0.25, 0.3) is 0 Å². The normalized spacial score (nSPS) is 31.9. The van der Waals surface area contributed by atoms with Crippen molar-refractivity contribution in [1.82, 2.24) is 4.90 Å². The van der Waals surface area contributed by atoms with E-state index in [0.29, 0.717) is 12.1 Å². The second-order valence-electron chi connectivity index (χ2n) is 4.86. The number of carboxylic acid groups (broad SMARTS) is 1. The first kappa shape index (κ1) is 10.9. The second-order valence-corrected chi connectivity index (χ2v) is 4.86. The van der Waals surface area contributed by atoms with Crippen LogP contribution in [0.5, 0.6) is 0 Å². The molecule has 2 rings (SSSR count). The molecule has 0 aromatic rings. The maximum Gasteiger partial charge on any atom is 0.308 e. The van der Waals surface area contributed by atoms with Gasteiger partial charge in [-0.15, -0.1) is 0 Å². The molecule has 0 aromatic heterocycles. The lowest BCUT2D eigenvalue weighted by Crippen LogP contribution is -2.53. The van der Waals surface area contributed by atoms with Crippen molar-refractivity contribution in [3.8, 4) is 0 Å². The lowest BCUT2D eigenvalue weighted by molar-refractivity contribution is -0.149. The summed E-state index contributed by atoms with van der Waals surface area (Å²) < 4.78 is 0. The van der Waals surface area contributed by atoms with Gasteiger partial charge in [0, 0.05) is 12.1 Å². The minimum absolute atomic E-state index is 0.0921. The van der Waals surface area contributed by atoms with Gasteiger partial charge in [-0.2, -0.15) is 0 Å². The maximum absolute atomic E-state index is 11.0. The molecule has 2 saturated carbocycles. The van der Waals surface area contributed by atoms with Crippen molar-refractivity contribution in [3.05, 3.63) is 0 Å². The third-order valence-corrected chi connectivity index (χ3v) is 4.14. The fraction of sp³-hybridized carbons (Fsp3) is 0.917. The summed E-state index contributed by atoms with van der Waals surface area (Å²) in [5.41, 5.74) is 0. The van der Waals surface area contributed by atoms with Crippen LogP contribution in [0, 0.1) is 5.92 Å². The van der Waals surface area contributed by atoms with E-state index >= 15 is 0 Å². The zero-order valence-corrected chi connectivity index (χ0v) is 9.48. The van der Waals surface area contributed by atoms with Crippen molar-refractivity contribution in [3.63, 3.8) is 0 Å². The van der Waals surface area contributed by atoms with Crippen molar-refractivity contribution in [2.24, 2.45) is 5.92 Å². The number of carboxylic acids is 1. The first-order chi connectivity index (χ1) is 7.24. The highest BCUT2D eigenvalue weighted by Gasteiger charge is 2.42. The quantitative estimate of drug-likeness (QED) is 0.774. The standard InChI is InChI=1S/C12H21NO2/c1-2-13(9-5-3-4-6-9)11-8-7-10(11)12(14)15/h9-11H,2-8H2,1H3,(H,14,15). The van der Waals surface area contributed by atoms with Gasteiger partial charge in [-0.3, -0.25) is 9.69 Å². The lowest BCUT2D eigenvalue weighted by atomic mass is 9.78. The predicted octanol–water partition coefficient (Wildman–Crippen LogP) is 2.11. The molecule has 3 heteroatoms. The van der Waals surface area contributed by atoms with Crippen molar-refractivity contribution in [2.75, 3.05) is 6.54 Å². The number of rotatable bonds is 4. The molecule has 0 radical (unpaired) electrons. The maximum atomic E-state index is 11.0. The largest absolute Gasteiger partial charge is 0.481 e. The molecule has 1 N–H and O–H groups in total. The van der Waals surface area contributed by atoms with Crippen LogP contribution in [-0.2, 0) is 4.79 Å². The highest BCUT2D eigenvalue weighted by molar-refractivity contribution is 5.72. The van der Waals surface area contributed by atoms with Crippen LogP contribution >= 0.6 is 0 Å². The third-order valence-electron chi connectivity index (χ3n) is 4.14. The molecule has 0 heterocycles. The molecule has 0 aliphatic heterocycles. The number of aliphatic carboxylic acids is 1. The monoisotopic (exact) mass is 211 g/mol. The zero-order chi connectivity index (χ0) is 10.8. The Labute approximate surface area is 91.5 Å². The van der Waals surface area contributed by atoms with Crippen LogP contribution in [0.2, 0.25) is 0 Å². The first-order valence-electron chi connectivity index (χ1n) is 6.22. The van der Waals surface area contributed by atoms with Crippen LogP contribution < -0.4 is 0 Å². The molecule has 0 saturated heterocycles. The Kier molecular flexibility index (Phi) is 3.29. The topological polar surface area (TPSA) is 40.5 Å². The van der Waals surface area contributed by atoms with Crippen molar-refractivity contribution < 1.29 is 9.90 Å². The molecule has 0 aromatic carbocycles. The highest BCUT2D eigenvalue weighted by atomic mass is 16.4. The SMILES string of the molecule is CCN(C1CCCC1)C1CCC1C(=O)O. The summed E-state index contributed by atoms with van der Waals surface area (Å²) in [5, 5.41) is 9.06. The summed E-state index contributed by atoms with van der Waals surface area (Å²) in [7, 11) is 0. The van der Waals surface area contributed by atoms with Gasteiger partial charge in [-0.05, 0) is 32.2 Å². The minimum atomic E-state index is -0.595. The van der Waals surface area contributed by atoms with Gasteiger partial charge in [0.1, 0.15) is 0 Å². The van der Waals surface area contributed by atoms with Crippen LogP contribution in [0.4, 0.5) is 0 Å². The highest BCUT2D eigenvalue weighted by Crippen LogP contribution is 2.36. The lowest BCUT2D eigenvalue weighted by Gasteiger charge is -2.44. The van der Waals surface area contributed by atoms with Crippen molar-refractivity contribution >= 4 is 5.97 Å².